The van der Waals surface area contributed by atoms with Crippen molar-refractivity contribution in [3.63, 3.8) is 0 Å². The summed E-state index contributed by atoms with van der Waals surface area (Å²) in [6, 6.07) is 7.03. The first-order valence-corrected chi connectivity index (χ1v) is 7.70. The first-order valence-electron chi connectivity index (χ1n) is 6.95. The molecule has 110 valence electrons. The van der Waals surface area contributed by atoms with E-state index in [-0.39, 0.29) is 5.91 Å². The molecule has 4 nitrogen and oxygen atoms in total. The van der Waals surface area contributed by atoms with Crippen LogP contribution in [-0.2, 0) is 0 Å². The van der Waals surface area contributed by atoms with Crippen molar-refractivity contribution in [1.29, 1.82) is 0 Å². The summed E-state index contributed by atoms with van der Waals surface area (Å²) in [7, 11) is 0. The maximum absolute atomic E-state index is 12.3. The first-order chi connectivity index (χ1) is 10.1. The molecule has 1 aliphatic rings. The number of nitrogens with zero attached hydrogens (tertiary/aromatic N) is 2. The summed E-state index contributed by atoms with van der Waals surface area (Å²) in [4.78, 5) is 12.3. The van der Waals surface area contributed by atoms with Crippen molar-refractivity contribution in [2.24, 2.45) is 0 Å². The predicted octanol–water partition coefficient (Wildman–Crippen LogP) is 4.56. The molecule has 1 saturated carbocycles. The fraction of sp³-hybridized carbons (Fsp3) is 0.333. The average molecular weight is 324 g/mol. The quantitative estimate of drug-likeness (QED) is 0.900. The van der Waals surface area contributed by atoms with Crippen molar-refractivity contribution in [3.8, 4) is 0 Å². The number of hydrogen-bond acceptors (Lipinski definition) is 2. The number of hydrogen-bond donors (Lipinski definition) is 1. The van der Waals surface area contributed by atoms with Gasteiger partial charge in [0, 0.05) is 11.6 Å². The van der Waals surface area contributed by atoms with Crippen molar-refractivity contribution in [1.82, 2.24) is 9.78 Å². The van der Waals surface area contributed by atoms with E-state index in [0.29, 0.717) is 21.7 Å². The fourth-order valence-corrected chi connectivity index (χ4v) is 2.98. The van der Waals surface area contributed by atoms with Crippen molar-refractivity contribution >= 4 is 34.9 Å². The van der Waals surface area contributed by atoms with Gasteiger partial charge in [-0.3, -0.25) is 4.79 Å². The number of halogens is 2. The molecule has 2 aromatic rings. The van der Waals surface area contributed by atoms with Crippen LogP contribution in [0.3, 0.4) is 0 Å². The predicted molar refractivity (Wildman–Crippen MR) is 84.1 cm³/mol. The van der Waals surface area contributed by atoms with Gasteiger partial charge in [0.25, 0.3) is 5.91 Å². The SMILES string of the molecule is O=C(Nc1ccnn1C1CCCC1)c1ccc(Cl)c(Cl)c1. The van der Waals surface area contributed by atoms with Gasteiger partial charge in [-0.15, -0.1) is 0 Å². The van der Waals surface area contributed by atoms with Gasteiger partial charge in [-0.1, -0.05) is 36.0 Å². The van der Waals surface area contributed by atoms with Crippen molar-refractivity contribution < 1.29 is 4.79 Å². The molecule has 0 unspecified atom stereocenters. The number of rotatable bonds is 3. The van der Waals surface area contributed by atoms with Crippen molar-refractivity contribution in [2.75, 3.05) is 5.32 Å². The van der Waals surface area contributed by atoms with Crippen molar-refractivity contribution in [3.05, 3.63) is 46.1 Å². The zero-order chi connectivity index (χ0) is 14.8. The normalized spacial score (nSPS) is 15.3. The molecule has 1 amide bonds. The van der Waals surface area contributed by atoms with Crippen LogP contribution in [0.4, 0.5) is 5.82 Å². The Bertz CT molecular complexity index is 663. The zero-order valence-electron chi connectivity index (χ0n) is 11.4. The summed E-state index contributed by atoms with van der Waals surface area (Å²) in [5.74, 6) is 0.506. The van der Waals surface area contributed by atoms with Gasteiger partial charge >= 0.3 is 0 Å². The highest BCUT2D eigenvalue weighted by Gasteiger charge is 2.20. The number of nitrogens with one attached hydrogen (secondary N) is 1. The van der Waals surface area contributed by atoms with E-state index in [1.165, 1.54) is 12.8 Å². The van der Waals surface area contributed by atoms with E-state index < -0.39 is 0 Å². The minimum atomic E-state index is -0.215. The lowest BCUT2D eigenvalue weighted by Crippen LogP contribution is -2.17. The lowest BCUT2D eigenvalue weighted by molar-refractivity contribution is 0.102. The van der Waals surface area contributed by atoms with E-state index in [9.17, 15) is 4.79 Å². The number of carbonyl (C=O) groups excluding carboxylic acids is 1. The molecule has 1 N–H and O–H groups in total. The Morgan fingerprint density at radius 1 is 1.19 bits per heavy atom. The number of carbonyl (C=O) groups is 1. The molecule has 6 heteroatoms. The number of aromatic nitrogens is 2. The molecule has 0 radical (unpaired) electrons. The summed E-state index contributed by atoms with van der Waals surface area (Å²) in [6.07, 6.45) is 6.35. The lowest BCUT2D eigenvalue weighted by atomic mass is 10.2. The minimum absolute atomic E-state index is 0.215. The molecule has 0 bridgehead atoms. The molecular weight excluding hydrogens is 309 g/mol. The van der Waals surface area contributed by atoms with Crippen LogP contribution in [0.2, 0.25) is 10.0 Å². The number of amides is 1. The van der Waals surface area contributed by atoms with Gasteiger partial charge < -0.3 is 5.32 Å². The number of benzene rings is 1. The second kappa shape index (κ2) is 6.08. The Morgan fingerprint density at radius 2 is 1.95 bits per heavy atom. The van der Waals surface area contributed by atoms with Gasteiger partial charge in [0.05, 0.1) is 22.3 Å². The van der Waals surface area contributed by atoms with Crippen LogP contribution in [0.1, 0.15) is 42.1 Å². The summed E-state index contributed by atoms with van der Waals surface area (Å²) in [6.45, 7) is 0. The smallest absolute Gasteiger partial charge is 0.256 e. The largest absolute Gasteiger partial charge is 0.307 e. The summed E-state index contributed by atoms with van der Waals surface area (Å²) >= 11 is 11.8. The monoisotopic (exact) mass is 323 g/mol. The van der Waals surface area contributed by atoms with Gasteiger partial charge in [0.1, 0.15) is 5.82 Å². The van der Waals surface area contributed by atoms with Gasteiger partial charge in [-0.2, -0.15) is 5.10 Å². The lowest BCUT2D eigenvalue weighted by Gasteiger charge is -2.14. The van der Waals surface area contributed by atoms with Gasteiger partial charge in [0.2, 0.25) is 0 Å². The number of anilines is 1. The van der Waals surface area contributed by atoms with E-state index >= 15 is 0 Å². The Hall–Kier alpha value is -1.52. The van der Waals surface area contributed by atoms with E-state index in [2.05, 4.69) is 10.4 Å². The molecule has 21 heavy (non-hydrogen) atoms. The first kappa shape index (κ1) is 14.4. The Balaban J connectivity index is 1.78. The maximum atomic E-state index is 12.3. The molecule has 1 fully saturated rings. The summed E-state index contributed by atoms with van der Waals surface area (Å²) in [5, 5.41) is 8.03. The molecule has 1 aromatic heterocycles. The molecule has 0 saturated heterocycles. The fourth-order valence-electron chi connectivity index (χ4n) is 2.68. The van der Waals surface area contributed by atoms with E-state index in [1.54, 1.807) is 24.4 Å². The average Bonchev–Trinajstić information content (AvgIpc) is 3.12. The Kier molecular flexibility index (Phi) is 4.17. The zero-order valence-corrected chi connectivity index (χ0v) is 12.9. The van der Waals surface area contributed by atoms with Gasteiger partial charge in [0.15, 0.2) is 0 Å². The highest BCUT2D eigenvalue weighted by molar-refractivity contribution is 6.42. The molecule has 1 aliphatic carbocycles. The van der Waals surface area contributed by atoms with E-state index in [0.717, 1.165) is 18.7 Å². The van der Waals surface area contributed by atoms with E-state index in [1.807, 2.05) is 10.7 Å². The molecule has 1 aromatic carbocycles. The molecular formula is C15H15Cl2N3O. The van der Waals surface area contributed by atoms with Crippen LogP contribution in [0.25, 0.3) is 0 Å². The summed E-state index contributed by atoms with van der Waals surface area (Å²) in [5.41, 5.74) is 0.476. The van der Waals surface area contributed by atoms with Gasteiger partial charge in [-0.25, -0.2) is 4.68 Å². The van der Waals surface area contributed by atoms with Gasteiger partial charge in [-0.05, 0) is 31.0 Å². The van der Waals surface area contributed by atoms with Crippen LogP contribution >= 0.6 is 23.2 Å². The summed E-state index contributed by atoms with van der Waals surface area (Å²) < 4.78 is 1.91. The third-order valence-corrected chi connectivity index (χ3v) is 4.50. The topological polar surface area (TPSA) is 46.9 Å². The minimum Gasteiger partial charge on any atom is -0.307 e. The highest BCUT2D eigenvalue weighted by atomic mass is 35.5. The molecule has 0 spiro atoms. The second-order valence-electron chi connectivity index (χ2n) is 5.18. The van der Waals surface area contributed by atoms with Crippen LogP contribution in [0, 0.1) is 0 Å². The van der Waals surface area contributed by atoms with E-state index in [4.69, 9.17) is 23.2 Å². The van der Waals surface area contributed by atoms with Crippen molar-refractivity contribution in [2.45, 2.75) is 31.7 Å². The Morgan fingerprint density at radius 3 is 2.67 bits per heavy atom. The third-order valence-electron chi connectivity index (χ3n) is 3.76. The van der Waals surface area contributed by atoms with Crippen LogP contribution in [-0.4, -0.2) is 15.7 Å². The van der Waals surface area contributed by atoms with Crippen LogP contribution in [0.15, 0.2) is 30.5 Å². The standard InChI is InChI=1S/C15H15Cl2N3O/c16-12-6-5-10(9-13(12)17)15(21)19-14-7-8-18-20(14)11-3-1-2-4-11/h5-9,11H,1-4H2,(H,19,21). The van der Waals surface area contributed by atoms with Crippen LogP contribution in [0.5, 0.6) is 0 Å². The van der Waals surface area contributed by atoms with Crippen LogP contribution < -0.4 is 5.32 Å². The highest BCUT2D eigenvalue weighted by Crippen LogP contribution is 2.31. The Labute approximate surface area is 133 Å². The maximum Gasteiger partial charge on any atom is 0.256 e. The second-order valence-corrected chi connectivity index (χ2v) is 6.00. The molecule has 0 atom stereocenters. The molecule has 1 heterocycles. The molecule has 0 aliphatic heterocycles. The third kappa shape index (κ3) is 3.06. The molecule has 3 rings (SSSR count).